The Labute approximate surface area is 96.4 Å². The van der Waals surface area contributed by atoms with E-state index >= 15 is 0 Å². The Bertz CT molecular complexity index is 287. The van der Waals surface area contributed by atoms with Crippen molar-refractivity contribution in [2.45, 2.75) is 45.1 Å². The van der Waals surface area contributed by atoms with Gasteiger partial charge in [-0.15, -0.1) is 0 Å². The van der Waals surface area contributed by atoms with Crippen molar-refractivity contribution in [1.29, 1.82) is 0 Å². The third-order valence-electron chi connectivity index (χ3n) is 3.45. The molecular formula is C12H20N2O2. The molecule has 2 amide bonds. The summed E-state index contributed by atoms with van der Waals surface area (Å²) in [6, 6.07) is -0.218. The molecule has 0 aromatic rings. The van der Waals surface area contributed by atoms with Gasteiger partial charge in [-0.2, -0.15) is 0 Å². The van der Waals surface area contributed by atoms with Gasteiger partial charge in [-0.3, -0.25) is 9.59 Å². The van der Waals surface area contributed by atoms with Crippen molar-refractivity contribution in [3.8, 4) is 0 Å². The number of amides is 2. The third-order valence-corrected chi connectivity index (χ3v) is 3.45. The summed E-state index contributed by atoms with van der Waals surface area (Å²) in [5, 5.41) is 2.67. The van der Waals surface area contributed by atoms with Crippen molar-refractivity contribution >= 4 is 11.8 Å². The van der Waals surface area contributed by atoms with Crippen LogP contribution in [0.15, 0.2) is 0 Å². The first kappa shape index (κ1) is 11.4. The monoisotopic (exact) mass is 224 g/mol. The first-order chi connectivity index (χ1) is 7.72. The Kier molecular flexibility index (Phi) is 3.46. The SMILES string of the molecule is CCCC1C(=O)NCC(=O)N1CCC1CC1. The molecule has 2 aliphatic rings. The lowest BCUT2D eigenvalue weighted by Crippen LogP contribution is -2.58. The second-order valence-corrected chi connectivity index (χ2v) is 4.84. The summed E-state index contributed by atoms with van der Waals surface area (Å²) in [6.07, 6.45) is 5.38. The standard InChI is InChI=1S/C12H20N2O2/c1-2-3-10-12(16)13-8-11(15)14(10)7-6-9-4-5-9/h9-10H,2-8H2,1H3,(H,13,16). The van der Waals surface area contributed by atoms with Crippen LogP contribution in [0, 0.1) is 5.92 Å². The van der Waals surface area contributed by atoms with E-state index in [0.29, 0.717) is 0 Å². The van der Waals surface area contributed by atoms with E-state index in [9.17, 15) is 9.59 Å². The van der Waals surface area contributed by atoms with Crippen molar-refractivity contribution in [3.05, 3.63) is 0 Å². The zero-order valence-electron chi connectivity index (χ0n) is 9.87. The normalized spacial score (nSPS) is 25.8. The summed E-state index contributed by atoms with van der Waals surface area (Å²) in [6.45, 7) is 3.00. The minimum Gasteiger partial charge on any atom is -0.345 e. The first-order valence-corrected chi connectivity index (χ1v) is 6.29. The summed E-state index contributed by atoms with van der Waals surface area (Å²) in [5.41, 5.74) is 0. The Balaban J connectivity index is 1.95. The van der Waals surface area contributed by atoms with Gasteiger partial charge in [0.05, 0.1) is 6.54 Å². The molecule has 0 radical (unpaired) electrons. The maximum absolute atomic E-state index is 11.8. The molecule has 4 heteroatoms. The Hall–Kier alpha value is -1.06. The highest BCUT2D eigenvalue weighted by atomic mass is 16.2. The predicted octanol–water partition coefficient (Wildman–Crippen LogP) is 0.914. The number of carbonyl (C=O) groups excluding carboxylic acids is 2. The highest BCUT2D eigenvalue weighted by Gasteiger charge is 2.34. The lowest BCUT2D eigenvalue weighted by Gasteiger charge is -2.35. The minimum atomic E-state index is -0.218. The molecule has 1 saturated heterocycles. The van der Waals surface area contributed by atoms with E-state index in [-0.39, 0.29) is 24.4 Å². The maximum Gasteiger partial charge on any atom is 0.243 e. The van der Waals surface area contributed by atoms with Crippen molar-refractivity contribution in [2.24, 2.45) is 5.92 Å². The molecule has 16 heavy (non-hydrogen) atoms. The smallest absolute Gasteiger partial charge is 0.243 e. The molecule has 1 aliphatic heterocycles. The minimum absolute atomic E-state index is 0.0252. The van der Waals surface area contributed by atoms with Gasteiger partial charge in [-0.05, 0) is 18.8 Å². The largest absolute Gasteiger partial charge is 0.345 e. The van der Waals surface area contributed by atoms with Gasteiger partial charge in [-0.1, -0.05) is 26.2 Å². The number of carbonyl (C=O) groups is 2. The average Bonchev–Trinajstić information content (AvgIpc) is 3.07. The fraction of sp³-hybridized carbons (Fsp3) is 0.833. The quantitative estimate of drug-likeness (QED) is 0.754. The van der Waals surface area contributed by atoms with E-state index in [1.54, 1.807) is 4.90 Å². The van der Waals surface area contributed by atoms with E-state index in [0.717, 1.165) is 31.7 Å². The van der Waals surface area contributed by atoms with Crippen molar-refractivity contribution in [3.63, 3.8) is 0 Å². The molecule has 0 aromatic carbocycles. The Morgan fingerprint density at radius 3 is 2.69 bits per heavy atom. The molecule has 0 spiro atoms. The molecule has 1 saturated carbocycles. The summed E-state index contributed by atoms with van der Waals surface area (Å²) in [5.74, 6) is 0.913. The molecule has 1 N–H and O–H groups in total. The predicted molar refractivity (Wildman–Crippen MR) is 60.8 cm³/mol. The second-order valence-electron chi connectivity index (χ2n) is 4.84. The van der Waals surface area contributed by atoms with E-state index < -0.39 is 0 Å². The van der Waals surface area contributed by atoms with Crippen LogP contribution in [0.2, 0.25) is 0 Å². The van der Waals surface area contributed by atoms with Gasteiger partial charge >= 0.3 is 0 Å². The number of rotatable bonds is 5. The number of nitrogens with zero attached hydrogens (tertiary/aromatic N) is 1. The Morgan fingerprint density at radius 1 is 1.31 bits per heavy atom. The van der Waals surface area contributed by atoms with E-state index in [4.69, 9.17) is 0 Å². The van der Waals surface area contributed by atoms with Crippen LogP contribution in [-0.2, 0) is 9.59 Å². The van der Waals surface area contributed by atoms with Crippen LogP contribution in [0.3, 0.4) is 0 Å². The van der Waals surface area contributed by atoms with Gasteiger partial charge in [-0.25, -0.2) is 0 Å². The molecule has 0 aromatic heterocycles. The Morgan fingerprint density at radius 2 is 2.06 bits per heavy atom. The van der Waals surface area contributed by atoms with Crippen molar-refractivity contribution < 1.29 is 9.59 Å². The van der Waals surface area contributed by atoms with Crippen LogP contribution >= 0.6 is 0 Å². The molecule has 1 atom stereocenters. The van der Waals surface area contributed by atoms with Crippen LogP contribution in [-0.4, -0.2) is 35.8 Å². The fourth-order valence-electron chi connectivity index (χ4n) is 2.27. The van der Waals surface area contributed by atoms with Gasteiger partial charge in [0.15, 0.2) is 0 Å². The van der Waals surface area contributed by atoms with Gasteiger partial charge in [0.1, 0.15) is 6.04 Å². The zero-order chi connectivity index (χ0) is 11.5. The lowest BCUT2D eigenvalue weighted by molar-refractivity contribution is -0.145. The highest BCUT2D eigenvalue weighted by molar-refractivity contribution is 5.94. The van der Waals surface area contributed by atoms with Crippen LogP contribution < -0.4 is 5.32 Å². The van der Waals surface area contributed by atoms with E-state index in [2.05, 4.69) is 5.32 Å². The molecule has 1 heterocycles. The van der Waals surface area contributed by atoms with Gasteiger partial charge < -0.3 is 10.2 Å². The fourth-order valence-corrected chi connectivity index (χ4v) is 2.27. The van der Waals surface area contributed by atoms with Crippen molar-refractivity contribution in [2.75, 3.05) is 13.1 Å². The van der Waals surface area contributed by atoms with E-state index in [1.165, 1.54) is 12.8 Å². The number of hydrogen-bond acceptors (Lipinski definition) is 2. The number of piperazine rings is 1. The number of hydrogen-bond donors (Lipinski definition) is 1. The maximum atomic E-state index is 11.8. The average molecular weight is 224 g/mol. The van der Waals surface area contributed by atoms with Crippen molar-refractivity contribution in [1.82, 2.24) is 10.2 Å². The second kappa shape index (κ2) is 4.85. The highest BCUT2D eigenvalue weighted by Crippen LogP contribution is 2.32. The van der Waals surface area contributed by atoms with Crippen LogP contribution in [0.1, 0.15) is 39.0 Å². The molecule has 4 nitrogen and oxygen atoms in total. The van der Waals surface area contributed by atoms with E-state index in [1.807, 2.05) is 6.92 Å². The molecule has 1 unspecified atom stereocenters. The summed E-state index contributed by atoms with van der Waals surface area (Å²) >= 11 is 0. The zero-order valence-corrected chi connectivity index (χ0v) is 9.87. The van der Waals surface area contributed by atoms with Crippen LogP contribution in [0.4, 0.5) is 0 Å². The molecular weight excluding hydrogens is 204 g/mol. The van der Waals surface area contributed by atoms with Gasteiger partial charge in [0.25, 0.3) is 0 Å². The third kappa shape index (κ3) is 2.54. The summed E-state index contributed by atoms with van der Waals surface area (Å²) < 4.78 is 0. The first-order valence-electron chi connectivity index (χ1n) is 6.29. The molecule has 2 fully saturated rings. The summed E-state index contributed by atoms with van der Waals surface area (Å²) in [7, 11) is 0. The summed E-state index contributed by atoms with van der Waals surface area (Å²) in [4.78, 5) is 25.3. The molecule has 90 valence electrons. The molecule has 2 rings (SSSR count). The van der Waals surface area contributed by atoms with Gasteiger partial charge in [0.2, 0.25) is 11.8 Å². The van der Waals surface area contributed by atoms with Gasteiger partial charge in [0, 0.05) is 6.54 Å². The van der Waals surface area contributed by atoms with Crippen LogP contribution in [0.25, 0.3) is 0 Å². The van der Waals surface area contributed by atoms with Crippen LogP contribution in [0.5, 0.6) is 0 Å². The lowest BCUT2D eigenvalue weighted by atomic mass is 10.1. The topological polar surface area (TPSA) is 49.4 Å². The number of nitrogens with one attached hydrogen (secondary N) is 1. The molecule has 0 bridgehead atoms. The molecule has 1 aliphatic carbocycles.